The molecule has 0 radical (unpaired) electrons. The van der Waals surface area contributed by atoms with E-state index in [0.29, 0.717) is 0 Å². The predicted octanol–water partition coefficient (Wildman–Crippen LogP) is 6.97. The first-order chi connectivity index (χ1) is 10.1. The van der Waals surface area contributed by atoms with Gasteiger partial charge in [-0.25, -0.2) is 0 Å². The third-order valence-corrected chi connectivity index (χ3v) is 3.25. The van der Waals surface area contributed by atoms with Crippen LogP contribution in [0.25, 0.3) is 0 Å². The number of benzene rings is 1. The number of rotatable bonds is 4. The molecule has 1 rings (SSSR count). The summed E-state index contributed by atoms with van der Waals surface area (Å²) in [5.74, 6) is 0. The molecule has 0 bridgehead atoms. The van der Waals surface area contributed by atoms with Crippen molar-refractivity contribution in [3.63, 3.8) is 0 Å². The lowest BCUT2D eigenvalue weighted by Gasteiger charge is -2.12. The molecular weight excluding hydrogens is 254 g/mol. The molecular formula is C20H35N. The summed E-state index contributed by atoms with van der Waals surface area (Å²) < 4.78 is 0. The Hall–Kier alpha value is -1.50. The Labute approximate surface area is 133 Å². The lowest BCUT2D eigenvalue weighted by atomic mass is 10.1. The monoisotopic (exact) mass is 289 g/mol. The van der Waals surface area contributed by atoms with Crippen LogP contribution < -0.4 is 5.32 Å². The van der Waals surface area contributed by atoms with Crippen molar-refractivity contribution in [3.05, 3.63) is 52.7 Å². The van der Waals surface area contributed by atoms with E-state index in [0.717, 1.165) is 6.42 Å². The highest BCUT2D eigenvalue weighted by atomic mass is 14.9. The Morgan fingerprint density at radius 3 is 2.10 bits per heavy atom. The SMILES string of the molecule is CC.CC.CC=C(C)/C(C)=C(\C)Nc1cccc(CC)c1. The zero-order chi connectivity index (χ0) is 16.8. The van der Waals surface area contributed by atoms with Crippen molar-refractivity contribution < 1.29 is 0 Å². The van der Waals surface area contributed by atoms with Crippen molar-refractivity contribution in [1.82, 2.24) is 0 Å². The maximum absolute atomic E-state index is 3.47. The van der Waals surface area contributed by atoms with E-state index in [2.05, 4.69) is 70.3 Å². The van der Waals surface area contributed by atoms with E-state index in [1.165, 1.54) is 28.1 Å². The van der Waals surface area contributed by atoms with Crippen molar-refractivity contribution >= 4 is 5.69 Å². The first kappa shape index (κ1) is 21.8. The van der Waals surface area contributed by atoms with Gasteiger partial charge in [0.2, 0.25) is 0 Å². The molecule has 0 amide bonds. The fraction of sp³-hybridized carbons (Fsp3) is 0.500. The Morgan fingerprint density at radius 1 is 1.05 bits per heavy atom. The summed E-state index contributed by atoms with van der Waals surface area (Å²) >= 11 is 0. The Kier molecular flexibility index (Phi) is 14.0. The van der Waals surface area contributed by atoms with Gasteiger partial charge in [0.05, 0.1) is 0 Å². The third kappa shape index (κ3) is 8.39. The summed E-state index contributed by atoms with van der Waals surface area (Å²) in [6.45, 7) is 18.7. The molecule has 0 saturated carbocycles. The second kappa shape index (κ2) is 13.5. The highest BCUT2D eigenvalue weighted by Gasteiger charge is 2.00. The molecule has 1 nitrogen and oxygen atoms in total. The normalized spacial score (nSPS) is 11.4. The lowest BCUT2D eigenvalue weighted by Crippen LogP contribution is -2.00. The van der Waals surface area contributed by atoms with Crippen LogP contribution in [0.4, 0.5) is 5.69 Å². The van der Waals surface area contributed by atoms with Crippen LogP contribution >= 0.6 is 0 Å². The molecule has 120 valence electrons. The van der Waals surface area contributed by atoms with E-state index in [-0.39, 0.29) is 0 Å². The first-order valence-corrected chi connectivity index (χ1v) is 8.25. The van der Waals surface area contributed by atoms with Gasteiger partial charge >= 0.3 is 0 Å². The van der Waals surface area contributed by atoms with Gasteiger partial charge in [0.25, 0.3) is 0 Å². The Bertz CT molecular complexity index is 439. The average Bonchev–Trinajstić information content (AvgIpc) is 2.57. The molecule has 0 fully saturated rings. The minimum Gasteiger partial charge on any atom is -0.359 e. The summed E-state index contributed by atoms with van der Waals surface area (Å²) in [5.41, 5.74) is 6.39. The smallest absolute Gasteiger partial charge is 0.0384 e. The van der Waals surface area contributed by atoms with Crippen LogP contribution in [-0.4, -0.2) is 0 Å². The summed E-state index contributed by atoms with van der Waals surface area (Å²) in [7, 11) is 0. The highest BCUT2D eigenvalue weighted by molar-refractivity contribution is 5.52. The quantitative estimate of drug-likeness (QED) is 0.590. The van der Waals surface area contributed by atoms with Gasteiger partial charge in [-0.1, -0.05) is 58.4 Å². The summed E-state index contributed by atoms with van der Waals surface area (Å²) in [6.07, 6.45) is 3.22. The van der Waals surface area contributed by atoms with Gasteiger partial charge in [-0.2, -0.15) is 0 Å². The lowest BCUT2D eigenvalue weighted by molar-refractivity contribution is 1.14. The van der Waals surface area contributed by atoms with Crippen LogP contribution in [0, 0.1) is 0 Å². The Balaban J connectivity index is 0. The van der Waals surface area contributed by atoms with E-state index in [1.54, 1.807) is 0 Å². The van der Waals surface area contributed by atoms with Gasteiger partial charge < -0.3 is 5.32 Å². The number of anilines is 1. The van der Waals surface area contributed by atoms with Crippen LogP contribution in [0.1, 0.15) is 67.9 Å². The summed E-state index contributed by atoms with van der Waals surface area (Å²) in [4.78, 5) is 0. The second-order valence-electron chi connectivity index (χ2n) is 4.40. The van der Waals surface area contributed by atoms with Crippen LogP contribution in [0.3, 0.4) is 0 Å². The van der Waals surface area contributed by atoms with E-state index in [1.807, 2.05) is 27.7 Å². The highest BCUT2D eigenvalue weighted by Crippen LogP contribution is 2.18. The summed E-state index contributed by atoms with van der Waals surface area (Å²) in [6, 6.07) is 8.59. The zero-order valence-corrected chi connectivity index (χ0v) is 15.6. The largest absolute Gasteiger partial charge is 0.359 e. The molecule has 1 aromatic carbocycles. The number of allylic oxidation sites excluding steroid dienone is 4. The molecule has 1 N–H and O–H groups in total. The van der Waals surface area contributed by atoms with Crippen LogP contribution in [-0.2, 0) is 6.42 Å². The second-order valence-corrected chi connectivity index (χ2v) is 4.40. The minimum atomic E-state index is 1.07. The summed E-state index contributed by atoms with van der Waals surface area (Å²) in [5, 5.41) is 3.47. The van der Waals surface area contributed by atoms with Gasteiger partial charge in [-0.05, 0) is 57.4 Å². The van der Waals surface area contributed by atoms with Crippen molar-refractivity contribution in [3.8, 4) is 0 Å². The van der Waals surface area contributed by atoms with E-state index in [9.17, 15) is 0 Å². The topological polar surface area (TPSA) is 12.0 Å². The van der Waals surface area contributed by atoms with Crippen LogP contribution in [0.2, 0.25) is 0 Å². The average molecular weight is 290 g/mol. The molecule has 0 unspecified atom stereocenters. The molecule has 0 atom stereocenters. The molecule has 0 spiro atoms. The fourth-order valence-corrected chi connectivity index (χ4v) is 1.69. The van der Waals surface area contributed by atoms with Gasteiger partial charge in [-0.15, -0.1) is 0 Å². The van der Waals surface area contributed by atoms with Gasteiger partial charge in [0.15, 0.2) is 0 Å². The molecule has 1 aromatic rings. The Morgan fingerprint density at radius 2 is 1.62 bits per heavy atom. The number of nitrogens with one attached hydrogen (secondary N) is 1. The minimum absolute atomic E-state index is 1.07. The number of hydrogen-bond donors (Lipinski definition) is 1. The van der Waals surface area contributed by atoms with Gasteiger partial charge in [-0.3, -0.25) is 0 Å². The zero-order valence-electron chi connectivity index (χ0n) is 15.6. The van der Waals surface area contributed by atoms with Gasteiger partial charge in [0, 0.05) is 11.4 Å². The molecule has 21 heavy (non-hydrogen) atoms. The van der Waals surface area contributed by atoms with E-state index < -0.39 is 0 Å². The molecule has 0 heterocycles. The first-order valence-electron chi connectivity index (χ1n) is 8.25. The van der Waals surface area contributed by atoms with Crippen molar-refractivity contribution in [2.45, 2.75) is 68.7 Å². The van der Waals surface area contributed by atoms with E-state index in [4.69, 9.17) is 0 Å². The van der Waals surface area contributed by atoms with E-state index >= 15 is 0 Å². The predicted molar refractivity (Wildman–Crippen MR) is 99.9 cm³/mol. The van der Waals surface area contributed by atoms with Crippen molar-refractivity contribution in [2.24, 2.45) is 0 Å². The third-order valence-electron chi connectivity index (χ3n) is 3.25. The standard InChI is InChI=1S/C16H23N.2C2H6/c1-6-12(3)13(4)14(5)17-16-10-8-9-15(7-2)11-16;2*1-2/h6,8-11,17H,7H2,1-5H3;2*1-2H3/b12-6?,14-13+;;. The van der Waals surface area contributed by atoms with Crippen molar-refractivity contribution in [1.29, 1.82) is 0 Å². The number of aryl methyl sites for hydroxylation is 1. The molecule has 0 aliphatic rings. The van der Waals surface area contributed by atoms with Crippen LogP contribution in [0.15, 0.2) is 47.2 Å². The molecule has 0 aromatic heterocycles. The molecule has 0 aliphatic carbocycles. The maximum Gasteiger partial charge on any atom is 0.0384 e. The molecule has 0 saturated heterocycles. The van der Waals surface area contributed by atoms with Crippen LogP contribution in [0.5, 0.6) is 0 Å². The van der Waals surface area contributed by atoms with Crippen molar-refractivity contribution in [2.75, 3.05) is 5.32 Å². The molecule has 0 aliphatic heterocycles. The van der Waals surface area contributed by atoms with Gasteiger partial charge in [0.1, 0.15) is 0 Å². The molecule has 1 heteroatoms. The fourth-order valence-electron chi connectivity index (χ4n) is 1.69. The number of hydrogen-bond acceptors (Lipinski definition) is 1. The maximum atomic E-state index is 3.47.